The van der Waals surface area contributed by atoms with E-state index in [1.54, 1.807) is 13.8 Å². The molecule has 1 amide bonds. The normalized spacial score (nSPS) is 10.4. The number of aromatic nitrogens is 1. The molecule has 0 aliphatic heterocycles. The topological polar surface area (TPSA) is 93.2 Å². The predicted molar refractivity (Wildman–Crippen MR) is 68.1 cm³/mol. The number of nitrogens with one attached hydrogen (secondary N) is 2. The fourth-order valence-electron chi connectivity index (χ4n) is 1.55. The maximum absolute atomic E-state index is 13.5. The van der Waals surface area contributed by atoms with Crippen molar-refractivity contribution in [3.63, 3.8) is 0 Å². The lowest BCUT2D eigenvalue weighted by atomic mass is 10.1. The number of anilines is 2. The summed E-state index contributed by atoms with van der Waals surface area (Å²) in [6, 6.07) is 1.73. The lowest BCUT2D eigenvalue weighted by Gasteiger charge is -2.07. The van der Waals surface area contributed by atoms with Gasteiger partial charge in [-0.05, 0) is 26.0 Å². The van der Waals surface area contributed by atoms with Crippen LogP contribution < -0.4 is 16.6 Å². The van der Waals surface area contributed by atoms with Crippen LogP contribution in [0.2, 0.25) is 0 Å². The molecule has 20 heavy (non-hydrogen) atoms. The molecule has 0 saturated heterocycles. The van der Waals surface area contributed by atoms with E-state index in [4.69, 9.17) is 10.4 Å². The third kappa shape index (κ3) is 2.45. The second-order valence-corrected chi connectivity index (χ2v) is 4.14. The number of aryl methyl sites for hydroxylation is 1. The minimum absolute atomic E-state index is 0.134. The van der Waals surface area contributed by atoms with Gasteiger partial charge in [0.05, 0.1) is 5.69 Å². The van der Waals surface area contributed by atoms with Gasteiger partial charge in [-0.25, -0.2) is 8.78 Å². The zero-order chi connectivity index (χ0) is 14.9. The lowest BCUT2D eigenvalue weighted by Crippen LogP contribution is -2.15. The summed E-state index contributed by atoms with van der Waals surface area (Å²) in [5.74, 6) is 2.45. The van der Waals surface area contributed by atoms with Crippen LogP contribution in [0.25, 0.3) is 0 Å². The molecular formula is C12H12F2N4O2. The first-order valence-corrected chi connectivity index (χ1v) is 5.64. The van der Waals surface area contributed by atoms with E-state index in [2.05, 4.69) is 10.5 Å². The van der Waals surface area contributed by atoms with E-state index in [0.717, 1.165) is 12.1 Å². The fourth-order valence-corrected chi connectivity index (χ4v) is 1.55. The molecule has 1 heterocycles. The first kappa shape index (κ1) is 13.9. The van der Waals surface area contributed by atoms with E-state index in [-0.39, 0.29) is 11.4 Å². The van der Waals surface area contributed by atoms with Crippen molar-refractivity contribution in [3.8, 4) is 0 Å². The lowest BCUT2D eigenvalue weighted by molar-refractivity contribution is 0.102. The Labute approximate surface area is 112 Å². The van der Waals surface area contributed by atoms with Gasteiger partial charge in [0.2, 0.25) is 5.88 Å². The average Bonchev–Trinajstić information content (AvgIpc) is 2.70. The zero-order valence-electron chi connectivity index (χ0n) is 10.8. The molecule has 1 aromatic heterocycles. The van der Waals surface area contributed by atoms with Gasteiger partial charge in [0.15, 0.2) is 11.6 Å². The first-order chi connectivity index (χ1) is 9.43. The summed E-state index contributed by atoms with van der Waals surface area (Å²) in [7, 11) is 0. The van der Waals surface area contributed by atoms with E-state index >= 15 is 0 Å². The van der Waals surface area contributed by atoms with E-state index in [9.17, 15) is 13.6 Å². The van der Waals surface area contributed by atoms with Gasteiger partial charge < -0.3 is 9.95 Å². The van der Waals surface area contributed by atoms with Crippen LogP contribution in [0.1, 0.15) is 21.6 Å². The van der Waals surface area contributed by atoms with Crippen molar-refractivity contribution in [1.82, 2.24) is 5.16 Å². The Balaban J connectivity index is 2.28. The van der Waals surface area contributed by atoms with Crippen LogP contribution in [0, 0.1) is 25.5 Å². The Hall–Kier alpha value is -2.48. The van der Waals surface area contributed by atoms with Gasteiger partial charge in [-0.15, -0.1) is 0 Å². The minimum Gasteiger partial charge on any atom is -0.338 e. The number of hydrogen-bond acceptors (Lipinski definition) is 5. The van der Waals surface area contributed by atoms with Crippen LogP contribution in [0.4, 0.5) is 20.4 Å². The monoisotopic (exact) mass is 282 g/mol. The SMILES string of the molecule is Cc1noc(NC(=O)c2cc(F)c(NN)c(F)c2)c1C. The molecule has 6 nitrogen and oxygen atoms in total. The molecule has 8 heteroatoms. The Kier molecular flexibility index (Phi) is 3.66. The van der Waals surface area contributed by atoms with Crippen LogP contribution in [0.5, 0.6) is 0 Å². The van der Waals surface area contributed by atoms with E-state index in [1.807, 2.05) is 5.43 Å². The van der Waals surface area contributed by atoms with Gasteiger partial charge in [-0.3, -0.25) is 16.0 Å². The van der Waals surface area contributed by atoms with Gasteiger partial charge in [0.1, 0.15) is 5.69 Å². The van der Waals surface area contributed by atoms with Crippen molar-refractivity contribution >= 4 is 17.5 Å². The molecule has 0 aliphatic carbocycles. The highest BCUT2D eigenvalue weighted by molar-refractivity contribution is 6.04. The molecule has 0 bridgehead atoms. The average molecular weight is 282 g/mol. The van der Waals surface area contributed by atoms with Gasteiger partial charge in [-0.2, -0.15) is 0 Å². The summed E-state index contributed by atoms with van der Waals surface area (Å²) in [4.78, 5) is 11.9. The van der Waals surface area contributed by atoms with Gasteiger partial charge >= 0.3 is 0 Å². The number of nitrogens with zero attached hydrogens (tertiary/aromatic N) is 1. The van der Waals surface area contributed by atoms with Crippen LogP contribution in [0.3, 0.4) is 0 Å². The number of amides is 1. The molecule has 2 rings (SSSR count). The molecule has 0 radical (unpaired) electrons. The predicted octanol–water partition coefficient (Wildman–Crippen LogP) is 2.11. The number of hydrazine groups is 1. The molecule has 0 atom stereocenters. The maximum Gasteiger partial charge on any atom is 0.258 e. The smallest absolute Gasteiger partial charge is 0.258 e. The highest BCUT2D eigenvalue weighted by atomic mass is 19.1. The molecule has 0 fully saturated rings. The second kappa shape index (κ2) is 5.25. The number of carbonyl (C=O) groups excluding carboxylic acids is 1. The number of nitrogen functional groups attached to an aromatic ring is 1. The third-order valence-electron chi connectivity index (χ3n) is 2.83. The standard InChI is InChI=1S/C12H12F2N4O2/c1-5-6(2)18-20-12(5)16-11(19)7-3-8(13)10(17-15)9(14)4-7/h3-4,17H,15H2,1-2H3,(H,16,19). The Morgan fingerprint density at radius 2 is 1.90 bits per heavy atom. The van der Waals surface area contributed by atoms with Crippen molar-refractivity contribution in [3.05, 3.63) is 40.6 Å². The van der Waals surface area contributed by atoms with Crippen LogP contribution in [-0.4, -0.2) is 11.1 Å². The van der Waals surface area contributed by atoms with E-state index in [1.165, 1.54) is 0 Å². The van der Waals surface area contributed by atoms with E-state index in [0.29, 0.717) is 11.3 Å². The van der Waals surface area contributed by atoms with E-state index < -0.39 is 23.2 Å². The summed E-state index contributed by atoms with van der Waals surface area (Å²) in [5, 5.41) is 6.05. The Bertz CT molecular complexity index is 646. The van der Waals surface area contributed by atoms with Crippen LogP contribution in [-0.2, 0) is 0 Å². The largest absolute Gasteiger partial charge is 0.338 e. The quantitative estimate of drug-likeness (QED) is 0.592. The van der Waals surface area contributed by atoms with Gasteiger partial charge in [0.25, 0.3) is 5.91 Å². The van der Waals surface area contributed by atoms with Crippen molar-refractivity contribution in [1.29, 1.82) is 0 Å². The number of halogens is 2. The van der Waals surface area contributed by atoms with Crippen molar-refractivity contribution < 1.29 is 18.1 Å². The number of carbonyl (C=O) groups is 1. The van der Waals surface area contributed by atoms with Gasteiger partial charge in [0, 0.05) is 11.1 Å². The van der Waals surface area contributed by atoms with Crippen LogP contribution >= 0.6 is 0 Å². The number of benzene rings is 1. The molecule has 0 aliphatic rings. The molecule has 1 aromatic carbocycles. The third-order valence-corrected chi connectivity index (χ3v) is 2.83. The van der Waals surface area contributed by atoms with Gasteiger partial charge in [-0.1, -0.05) is 5.16 Å². The Morgan fingerprint density at radius 1 is 1.30 bits per heavy atom. The Morgan fingerprint density at radius 3 is 2.35 bits per heavy atom. The maximum atomic E-state index is 13.5. The number of hydrogen-bond donors (Lipinski definition) is 3. The zero-order valence-corrected chi connectivity index (χ0v) is 10.8. The summed E-state index contributed by atoms with van der Waals surface area (Å²) < 4.78 is 31.9. The molecule has 4 N–H and O–H groups in total. The van der Waals surface area contributed by atoms with Crippen molar-refractivity contribution in [2.45, 2.75) is 13.8 Å². The molecule has 2 aromatic rings. The number of rotatable bonds is 3. The minimum atomic E-state index is -0.969. The fraction of sp³-hybridized carbons (Fsp3) is 0.167. The molecule has 0 unspecified atom stereocenters. The molecule has 0 saturated carbocycles. The summed E-state index contributed by atoms with van der Waals surface area (Å²) in [6.07, 6.45) is 0. The summed E-state index contributed by atoms with van der Waals surface area (Å²) in [6.45, 7) is 3.40. The highest BCUT2D eigenvalue weighted by Crippen LogP contribution is 2.22. The molecule has 106 valence electrons. The summed E-state index contributed by atoms with van der Waals surface area (Å²) >= 11 is 0. The summed E-state index contributed by atoms with van der Waals surface area (Å²) in [5.41, 5.74) is 2.42. The highest BCUT2D eigenvalue weighted by Gasteiger charge is 2.17. The van der Waals surface area contributed by atoms with Crippen molar-refractivity contribution in [2.75, 3.05) is 10.7 Å². The molecule has 0 spiro atoms. The van der Waals surface area contributed by atoms with Crippen LogP contribution in [0.15, 0.2) is 16.7 Å². The number of nitrogens with two attached hydrogens (primary N) is 1. The second-order valence-electron chi connectivity index (χ2n) is 4.14. The molecular weight excluding hydrogens is 270 g/mol. The van der Waals surface area contributed by atoms with Crippen molar-refractivity contribution in [2.24, 2.45) is 5.84 Å². The first-order valence-electron chi connectivity index (χ1n) is 5.64.